The lowest BCUT2D eigenvalue weighted by Crippen LogP contribution is -2.67. The third-order valence-corrected chi connectivity index (χ3v) is 5.30. The van der Waals surface area contributed by atoms with Crippen LogP contribution in [0.5, 0.6) is 0 Å². The molecule has 10 heteroatoms. The topological polar surface area (TPSA) is 146 Å². The SMILES string of the molecule is CCC1(C2(O)OC(=O)CCCCC(=O)O2)OC(=O)CCCCC(=O)OC1CCCO. The highest BCUT2D eigenvalue weighted by Gasteiger charge is 2.65. The van der Waals surface area contributed by atoms with Crippen LogP contribution in [0.25, 0.3) is 0 Å². The van der Waals surface area contributed by atoms with Crippen molar-refractivity contribution >= 4 is 23.9 Å². The third-order valence-electron chi connectivity index (χ3n) is 5.30. The Kier molecular flexibility index (Phi) is 8.60. The van der Waals surface area contributed by atoms with Crippen molar-refractivity contribution in [3.8, 4) is 0 Å². The summed E-state index contributed by atoms with van der Waals surface area (Å²) in [5.41, 5.74) is -2.19. The van der Waals surface area contributed by atoms with E-state index in [2.05, 4.69) is 0 Å². The lowest BCUT2D eigenvalue weighted by Gasteiger charge is -2.46. The van der Waals surface area contributed by atoms with Gasteiger partial charge in [0.25, 0.3) is 5.60 Å². The second kappa shape index (κ2) is 10.7. The molecule has 2 saturated heterocycles. The molecule has 0 radical (unpaired) electrons. The minimum Gasteiger partial charge on any atom is -0.458 e. The van der Waals surface area contributed by atoms with Crippen LogP contribution in [-0.4, -0.2) is 58.4 Å². The van der Waals surface area contributed by atoms with Crippen LogP contribution in [0, 0.1) is 0 Å². The van der Waals surface area contributed by atoms with E-state index in [1.807, 2.05) is 0 Å². The molecule has 2 atom stereocenters. The average molecular weight is 430 g/mol. The van der Waals surface area contributed by atoms with E-state index < -0.39 is 41.6 Å². The van der Waals surface area contributed by atoms with Gasteiger partial charge in [0.2, 0.25) is 0 Å². The van der Waals surface area contributed by atoms with Gasteiger partial charge < -0.3 is 29.2 Å². The van der Waals surface area contributed by atoms with Crippen molar-refractivity contribution in [2.75, 3.05) is 6.61 Å². The number of hydrogen-bond donors (Lipinski definition) is 2. The first kappa shape index (κ1) is 24.1. The second-order valence-electron chi connectivity index (χ2n) is 7.51. The smallest absolute Gasteiger partial charge is 0.419 e. The summed E-state index contributed by atoms with van der Waals surface area (Å²) in [7, 11) is 0. The number of carbonyl (C=O) groups excluding carboxylic acids is 4. The molecule has 10 nitrogen and oxygen atoms in total. The summed E-state index contributed by atoms with van der Waals surface area (Å²) >= 11 is 0. The molecule has 0 bridgehead atoms. The Labute approximate surface area is 174 Å². The summed E-state index contributed by atoms with van der Waals surface area (Å²) in [4.78, 5) is 49.5. The highest BCUT2D eigenvalue weighted by molar-refractivity contribution is 5.74. The fourth-order valence-corrected chi connectivity index (χ4v) is 3.67. The number of cyclic esters (lactones) is 4. The van der Waals surface area contributed by atoms with E-state index in [1.54, 1.807) is 0 Å². The summed E-state index contributed by atoms with van der Waals surface area (Å²) < 4.78 is 21.4. The van der Waals surface area contributed by atoms with E-state index in [0.29, 0.717) is 25.7 Å². The van der Waals surface area contributed by atoms with Crippen LogP contribution in [-0.2, 0) is 38.1 Å². The minimum absolute atomic E-state index is 0.0270. The lowest BCUT2D eigenvalue weighted by atomic mass is 9.86. The summed E-state index contributed by atoms with van der Waals surface area (Å²) in [6, 6.07) is 0. The highest BCUT2D eigenvalue weighted by Crippen LogP contribution is 2.41. The molecule has 2 fully saturated rings. The van der Waals surface area contributed by atoms with Crippen molar-refractivity contribution in [1.29, 1.82) is 0 Å². The predicted octanol–water partition coefficient (Wildman–Crippen LogP) is 1.24. The van der Waals surface area contributed by atoms with E-state index in [1.165, 1.54) is 6.92 Å². The van der Waals surface area contributed by atoms with Crippen LogP contribution in [0.3, 0.4) is 0 Å². The van der Waals surface area contributed by atoms with Gasteiger partial charge in [-0.2, -0.15) is 0 Å². The van der Waals surface area contributed by atoms with Crippen LogP contribution < -0.4 is 0 Å². The molecular formula is C20H30O10. The Morgan fingerprint density at radius 2 is 1.30 bits per heavy atom. The van der Waals surface area contributed by atoms with E-state index in [4.69, 9.17) is 18.9 Å². The molecular weight excluding hydrogens is 400 g/mol. The molecule has 0 spiro atoms. The van der Waals surface area contributed by atoms with Crippen molar-refractivity contribution in [2.45, 2.75) is 95.2 Å². The molecule has 0 aliphatic carbocycles. The molecule has 2 rings (SSSR count). The maximum absolute atomic E-state index is 12.5. The molecule has 2 aliphatic rings. The maximum Gasteiger partial charge on any atom is 0.419 e. The van der Waals surface area contributed by atoms with Crippen LogP contribution in [0.1, 0.15) is 77.6 Å². The fraction of sp³-hybridized carbons (Fsp3) is 0.800. The molecule has 2 aliphatic heterocycles. The Balaban J connectivity index is 2.57. The highest BCUT2D eigenvalue weighted by atomic mass is 16.9. The summed E-state index contributed by atoms with van der Waals surface area (Å²) in [6.45, 7) is 1.25. The van der Waals surface area contributed by atoms with Crippen molar-refractivity contribution in [1.82, 2.24) is 0 Å². The Morgan fingerprint density at radius 3 is 1.77 bits per heavy atom. The molecule has 0 aromatic carbocycles. The molecule has 0 aromatic heterocycles. The van der Waals surface area contributed by atoms with Crippen molar-refractivity contribution in [2.24, 2.45) is 0 Å². The zero-order valence-electron chi connectivity index (χ0n) is 17.2. The largest absolute Gasteiger partial charge is 0.458 e. The quantitative estimate of drug-likeness (QED) is 0.482. The van der Waals surface area contributed by atoms with Gasteiger partial charge in [-0.05, 0) is 44.9 Å². The van der Waals surface area contributed by atoms with Crippen molar-refractivity contribution in [3.05, 3.63) is 0 Å². The monoisotopic (exact) mass is 430 g/mol. The molecule has 2 N–H and O–H groups in total. The Bertz CT molecular complexity index is 625. The first-order valence-corrected chi connectivity index (χ1v) is 10.4. The Morgan fingerprint density at radius 1 is 0.833 bits per heavy atom. The van der Waals surface area contributed by atoms with Gasteiger partial charge in [0.15, 0.2) is 6.10 Å². The van der Waals surface area contributed by atoms with Gasteiger partial charge in [-0.1, -0.05) is 6.92 Å². The normalized spacial score (nSPS) is 28.7. The Hall–Kier alpha value is -2.20. The van der Waals surface area contributed by atoms with Gasteiger partial charge in [0.05, 0.1) is 0 Å². The lowest BCUT2D eigenvalue weighted by molar-refractivity contribution is -0.407. The number of rotatable bonds is 5. The minimum atomic E-state index is -2.99. The molecule has 170 valence electrons. The van der Waals surface area contributed by atoms with E-state index in [-0.39, 0.29) is 51.6 Å². The van der Waals surface area contributed by atoms with Crippen LogP contribution >= 0.6 is 0 Å². The second-order valence-corrected chi connectivity index (χ2v) is 7.51. The molecule has 0 amide bonds. The predicted molar refractivity (Wildman–Crippen MR) is 99.4 cm³/mol. The van der Waals surface area contributed by atoms with Gasteiger partial charge >= 0.3 is 29.9 Å². The van der Waals surface area contributed by atoms with Gasteiger partial charge in [0, 0.05) is 32.3 Å². The zero-order chi connectivity index (χ0) is 22.2. The van der Waals surface area contributed by atoms with Crippen molar-refractivity contribution < 1.29 is 48.3 Å². The summed E-state index contributed by atoms with van der Waals surface area (Å²) in [5, 5.41) is 20.6. The number of aliphatic hydroxyl groups is 2. The maximum atomic E-state index is 12.5. The fourth-order valence-electron chi connectivity index (χ4n) is 3.67. The van der Waals surface area contributed by atoms with E-state index in [9.17, 15) is 29.4 Å². The van der Waals surface area contributed by atoms with Gasteiger partial charge in [-0.3, -0.25) is 19.2 Å². The summed E-state index contributed by atoms with van der Waals surface area (Å²) in [6.07, 6.45) is -0.0915. The molecule has 2 heterocycles. The number of hydrogen-bond acceptors (Lipinski definition) is 10. The zero-order valence-corrected chi connectivity index (χ0v) is 17.2. The molecule has 30 heavy (non-hydrogen) atoms. The first-order valence-electron chi connectivity index (χ1n) is 10.4. The number of esters is 4. The van der Waals surface area contributed by atoms with E-state index in [0.717, 1.165) is 0 Å². The molecule has 2 unspecified atom stereocenters. The third kappa shape index (κ3) is 5.69. The van der Waals surface area contributed by atoms with Gasteiger partial charge in [0.1, 0.15) is 0 Å². The number of aliphatic hydroxyl groups excluding tert-OH is 1. The summed E-state index contributed by atoms with van der Waals surface area (Å²) in [5.74, 6) is -6.00. The first-order chi connectivity index (χ1) is 14.3. The average Bonchev–Trinajstić information content (AvgIpc) is 2.75. The van der Waals surface area contributed by atoms with Crippen molar-refractivity contribution in [3.63, 3.8) is 0 Å². The van der Waals surface area contributed by atoms with Gasteiger partial charge in [-0.15, -0.1) is 0 Å². The van der Waals surface area contributed by atoms with Crippen LogP contribution in [0.15, 0.2) is 0 Å². The van der Waals surface area contributed by atoms with Gasteiger partial charge in [-0.25, -0.2) is 0 Å². The van der Waals surface area contributed by atoms with Crippen LogP contribution in [0.2, 0.25) is 0 Å². The standard InChI is InChI=1S/C20H30O10/c1-2-19(20(26)29-17(24)11-5-6-12-18(25)30-20)14(8-7-13-21)27-15(22)9-3-4-10-16(23)28-19/h14,21,26H,2-13H2,1H3. The molecule has 0 aromatic rings. The van der Waals surface area contributed by atoms with E-state index >= 15 is 0 Å². The van der Waals surface area contributed by atoms with Crippen LogP contribution in [0.4, 0.5) is 0 Å². The number of carbonyl (C=O) groups is 4. The molecule has 0 saturated carbocycles. The number of ether oxygens (including phenoxy) is 4.